The number of benzene rings is 3. The number of rotatable bonds is 8. The first-order valence-corrected chi connectivity index (χ1v) is 10.7. The summed E-state index contributed by atoms with van der Waals surface area (Å²) in [7, 11) is 1.64. The Morgan fingerprint density at radius 3 is 2.38 bits per heavy atom. The van der Waals surface area contributed by atoms with Crippen LogP contribution in [0.15, 0.2) is 71.8 Å². The fourth-order valence-corrected chi connectivity index (χ4v) is 3.96. The van der Waals surface area contributed by atoms with Crippen LogP contribution in [-0.4, -0.2) is 38.1 Å². The van der Waals surface area contributed by atoms with E-state index in [1.165, 1.54) is 10.8 Å². The van der Waals surface area contributed by atoms with E-state index in [1.807, 2.05) is 43.3 Å². The molecule has 4 atom stereocenters. The fraction of sp³-hybridized carbons (Fsp3) is 0.360. The second kappa shape index (κ2) is 10.5. The molecule has 0 aliphatic carbocycles. The summed E-state index contributed by atoms with van der Waals surface area (Å²) in [5, 5.41) is 6.27. The van der Waals surface area contributed by atoms with E-state index in [9.17, 15) is 0 Å². The molecule has 3 aromatic carbocycles. The number of hydrogen-bond donors (Lipinski definition) is 0. The van der Waals surface area contributed by atoms with Crippen molar-refractivity contribution in [2.45, 2.75) is 44.5 Å². The largest absolute Gasteiger partial charge is 0.497 e. The van der Waals surface area contributed by atoms with Crippen molar-refractivity contribution < 1.29 is 18.9 Å². The molecule has 1 fully saturated rings. The zero-order valence-electron chi connectivity index (χ0n) is 18.3. The van der Waals surface area contributed by atoms with Gasteiger partial charge in [0.1, 0.15) is 11.9 Å². The van der Waals surface area contributed by atoms with Crippen LogP contribution in [0, 0.1) is 0 Å². The van der Waals surface area contributed by atoms with E-state index in [2.05, 4.69) is 40.4 Å². The number of azide groups is 1. The van der Waals surface area contributed by atoms with Crippen LogP contribution >= 0.6 is 0 Å². The van der Waals surface area contributed by atoms with E-state index < -0.39 is 12.1 Å². The van der Waals surface area contributed by atoms with Gasteiger partial charge in [0.05, 0.1) is 45.2 Å². The van der Waals surface area contributed by atoms with Crippen molar-refractivity contribution in [2.75, 3.05) is 13.7 Å². The van der Waals surface area contributed by atoms with Gasteiger partial charge in [-0.1, -0.05) is 53.6 Å². The van der Waals surface area contributed by atoms with E-state index in [0.29, 0.717) is 19.8 Å². The van der Waals surface area contributed by atoms with Crippen LogP contribution in [0.2, 0.25) is 0 Å². The van der Waals surface area contributed by atoms with Crippen molar-refractivity contribution in [1.82, 2.24) is 0 Å². The summed E-state index contributed by atoms with van der Waals surface area (Å²) < 4.78 is 23.6. The standard InChI is InChI=1S/C25H27N3O4/c1-17-24(31-15-19-7-10-20-5-3-4-6-21(20)13-19)25(23(16-30-17)27-28-26)32-14-18-8-11-22(29-2)12-9-18/h3-13,17,23-25H,14-16H2,1-2H3/t17?,23?,24-,25?/m0/s1. The summed E-state index contributed by atoms with van der Waals surface area (Å²) in [5.74, 6) is 0.789. The van der Waals surface area contributed by atoms with Crippen LogP contribution in [0.3, 0.4) is 0 Å². The Morgan fingerprint density at radius 1 is 0.938 bits per heavy atom. The third kappa shape index (κ3) is 5.21. The van der Waals surface area contributed by atoms with E-state index in [4.69, 9.17) is 24.5 Å². The lowest BCUT2D eigenvalue weighted by Gasteiger charge is -2.39. The fourth-order valence-electron chi connectivity index (χ4n) is 3.96. The smallest absolute Gasteiger partial charge is 0.118 e. The van der Waals surface area contributed by atoms with Crippen LogP contribution in [0.1, 0.15) is 18.1 Å². The lowest BCUT2D eigenvalue weighted by Crippen LogP contribution is -2.53. The van der Waals surface area contributed by atoms with Crippen molar-refractivity contribution in [3.05, 3.63) is 88.3 Å². The molecule has 0 radical (unpaired) electrons. The molecule has 4 rings (SSSR count). The minimum Gasteiger partial charge on any atom is -0.497 e. The highest BCUT2D eigenvalue weighted by atomic mass is 16.6. The SMILES string of the molecule is COc1ccc(COC2C(N=[N+]=[N-])COC(C)[C@@H]2OCc2ccc3ccccc3c2)cc1. The summed E-state index contributed by atoms with van der Waals surface area (Å²) in [6.07, 6.45) is -0.984. The molecule has 32 heavy (non-hydrogen) atoms. The summed E-state index contributed by atoms with van der Waals surface area (Å²) in [5.41, 5.74) is 11.1. The van der Waals surface area contributed by atoms with Gasteiger partial charge in [0.25, 0.3) is 0 Å². The van der Waals surface area contributed by atoms with Gasteiger partial charge < -0.3 is 18.9 Å². The number of nitrogens with zero attached hydrogens (tertiary/aromatic N) is 3. The molecule has 1 aliphatic heterocycles. The maximum atomic E-state index is 9.03. The molecule has 0 saturated carbocycles. The highest BCUT2D eigenvalue weighted by Crippen LogP contribution is 2.26. The quantitative estimate of drug-likeness (QED) is 0.270. The third-order valence-electron chi connectivity index (χ3n) is 5.75. The minimum absolute atomic E-state index is 0.193. The van der Waals surface area contributed by atoms with Gasteiger partial charge in [-0.2, -0.15) is 0 Å². The van der Waals surface area contributed by atoms with Crippen molar-refractivity contribution in [2.24, 2.45) is 5.11 Å². The van der Waals surface area contributed by atoms with Gasteiger partial charge in [0.2, 0.25) is 0 Å². The second-order valence-electron chi connectivity index (χ2n) is 7.89. The molecule has 7 heteroatoms. The minimum atomic E-state index is -0.462. The summed E-state index contributed by atoms with van der Waals surface area (Å²) in [4.78, 5) is 2.99. The van der Waals surface area contributed by atoms with Crippen LogP contribution in [0.25, 0.3) is 21.2 Å². The second-order valence-corrected chi connectivity index (χ2v) is 7.89. The molecule has 1 heterocycles. The van der Waals surface area contributed by atoms with Gasteiger partial charge in [0, 0.05) is 4.91 Å². The van der Waals surface area contributed by atoms with Gasteiger partial charge in [-0.05, 0) is 52.6 Å². The highest BCUT2D eigenvalue weighted by molar-refractivity contribution is 5.82. The topological polar surface area (TPSA) is 85.7 Å². The maximum Gasteiger partial charge on any atom is 0.118 e. The van der Waals surface area contributed by atoms with Gasteiger partial charge in [-0.3, -0.25) is 0 Å². The van der Waals surface area contributed by atoms with E-state index in [-0.39, 0.29) is 12.2 Å². The van der Waals surface area contributed by atoms with Crippen LogP contribution in [-0.2, 0) is 27.4 Å². The Kier molecular flexibility index (Phi) is 7.24. The predicted molar refractivity (Wildman–Crippen MR) is 122 cm³/mol. The summed E-state index contributed by atoms with van der Waals surface area (Å²) >= 11 is 0. The third-order valence-corrected chi connectivity index (χ3v) is 5.75. The number of hydrogen-bond acceptors (Lipinski definition) is 5. The zero-order valence-corrected chi connectivity index (χ0v) is 18.3. The highest BCUT2D eigenvalue weighted by Gasteiger charge is 2.40. The Balaban J connectivity index is 1.48. The Hall–Kier alpha value is -3.09. The summed E-state index contributed by atoms with van der Waals surface area (Å²) in [6, 6.07) is 21.7. The first-order valence-electron chi connectivity index (χ1n) is 10.7. The van der Waals surface area contributed by atoms with Gasteiger partial charge in [-0.15, -0.1) is 0 Å². The van der Waals surface area contributed by atoms with Gasteiger partial charge in [-0.25, -0.2) is 0 Å². The first-order chi connectivity index (χ1) is 15.7. The molecule has 3 aromatic rings. The monoisotopic (exact) mass is 433 g/mol. The molecular weight excluding hydrogens is 406 g/mol. The molecule has 0 amide bonds. The molecule has 0 N–H and O–H groups in total. The Morgan fingerprint density at radius 2 is 1.62 bits per heavy atom. The van der Waals surface area contributed by atoms with E-state index in [0.717, 1.165) is 16.9 Å². The lowest BCUT2D eigenvalue weighted by molar-refractivity contribution is -0.186. The lowest BCUT2D eigenvalue weighted by atomic mass is 9.98. The molecule has 3 unspecified atom stereocenters. The van der Waals surface area contributed by atoms with Crippen LogP contribution in [0.5, 0.6) is 5.75 Å². The van der Waals surface area contributed by atoms with Crippen LogP contribution < -0.4 is 4.74 Å². The maximum absolute atomic E-state index is 9.03. The first kappa shape index (κ1) is 22.1. The normalized spacial score (nSPS) is 22.9. The number of methoxy groups -OCH3 is 1. The molecule has 1 saturated heterocycles. The number of fused-ring (bicyclic) bond motifs is 1. The zero-order chi connectivity index (χ0) is 22.3. The van der Waals surface area contributed by atoms with Gasteiger partial charge >= 0.3 is 0 Å². The Labute approximate surface area is 187 Å². The average Bonchev–Trinajstić information content (AvgIpc) is 2.83. The molecule has 0 spiro atoms. The van der Waals surface area contributed by atoms with Crippen molar-refractivity contribution in [3.63, 3.8) is 0 Å². The van der Waals surface area contributed by atoms with E-state index >= 15 is 0 Å². The molecule has 1 aliphatic rings. The molecule has 0 aromatic heterocycles. The predicted octanol–water partition coefficient (Wildman–Crippen LogP) is 5.42. The molecule has 166 valence electrons. The van der Waals surface area contributed by atoms with Gasteiger partial charge in [0.15, 0.2) is 0 Å². The van der Waals surface area contributed by atoms with Crippen molar-refractivity contribution in [3.8, 4) is 5.75 Å². The van der Waals surface area contributed by atoms with E-state index in [1.54, 1.807) is 7.11 Å². The summed E-state index contributed by atoms with van der Waals surface area (Å²) in [6.45, 7) is 3.04. The van der Waals surface area contributed by atoms with Crippen LogP contribution in [0.4, 0.5) is 0 Å². The Bertz CT molecular complexity index is 1080. The molecule has 0 bridgehead atoms. The molecule has 7 nitrogen and oxygen atoms in total. The molecular formula is C25H27N3O4. The van der Waals surface area contributed by atoms with Crippen molar-refractivity contribution in [1.29, 1.82) is 0 Å². The number of ether oxygens (including phenoxy) is 4. The average molecular weight is 434 g/mol. The van der Waals surface area contributed by atoms with Crippen molar-refractivity contribution >= 4 is 10.8 Å².